The molecule has 2 aromatic rings. The fraction of sp³-hybridized carbons (Fsp3) is 0.385. The highest BCUT2D eigenvalue weighted by Crippen LogP contribution is 2.28. The minimum atomic E-state index is -0.911. The largest absolute Gasteiger partial charge is 0.458 e. The molecule has 1 aromatic carbocycles. The summed E-state index contributed by atoms with van der Waals surface area (Å²) in [6.07, 6.45) is 1.01. The molecule has 0 spiro atoms. The molecular weight excluding hydrogens is 188 g/mol. The Morgan fingerprint density at radius 2 is 2.00 bits per heavy atom. The van der Waals surface area contributed by atoms with Crippen molar-refractivity contribution in [3.63, 3.8) is 0 Å². The number of fused-ring (bicyclic) bond motifs is 1. The molecule has 0 saturated heterocycles. The molecule has 1 aromatic heterocycles. The molecule has 0 fully saturated rings. The van der Waals surface area contributed by atoms with Crippen molar-refractivity contribution in [1.29, 1.82) is 0 Å². The third-order valence-corrected chi connectivity index (χ3v) is 2.59. The van der Waals surface area contributed by atoms with Crippen LogP contribution in [-0.4, -0.2) is 5.11 Å². The first-order chi connectivity index (χ1) is 7.00. The highest BCUT2D eigenvalue weighted by Gasteiger charge is 2.20. The van der Waals surface area contributed by atoms with E-state index in [1.165, 1.54) is 5.56 Å². The zero-order valence-corrected chi connectivity index (χ0v) is 9.37. The number of aliphatic hydroxyl groups is 1. The lowest BCUT2D eigenvalue weighted by Gasteiger charge is -2.12. The van der Waals surface area contributed by atoms with Crippen molar-refractivity contribution in [2.45, 2.75) is 32.8 Å². The van der Waals surface area contributed by atoms with Gasteiger partial charge in [-0.1, -0.05) is 13.0 Å². The van der Waals surface area contributed by atoms with Gasteiger partial charge in [-0.05, 0) is 44.0 Å². The van der Waals surface area contributed by atoms with Gasteiger partial charge in [-0.15, -0.1) is 0 Å². The molecule has 0 aliphatic carbocycles. The predicted molar refractivity (Wildman–Crippen MR) is 60.8 cm³/mol. The molecule has 1 heterocycles. The summed E-state index contributed by atoms with van der Waals surface area (Å²) in [5.41, 5.74) is 1.21. The number of rotatable bonds is 2. The second kappa shape index (κ2) is 3.38. The maximum absolute atomic E-state index is 9.82. The first-order valence-electron chi connectivity index (χ1n) is 5.26. The Morgan fingerprint density at radius 3 is 2.60 bits per heavy atom. The van der Waals surface area contributed by atoms with E-state index in [-0.39, 0.29) is 0 Å². The number of benzene rings is 1. The number of aryl methyl sites for hydroxylation is 1. The molecule has 0 aliphatic heterocycles. The van der Waals surface area contributed by atoms with Gasteiger partial charge in [0.05, 0.1) is 0 Å². The van der Waals surface area contributed by atoms with Crippen molar-refractivity contribution in [3.05, 3.63) is 35.6 Å². The Labute approximate surface area is 89.5 Å². The Kier molecular flexibility index (Phi) is 2.31. The molecule has 0 aliphatic rings. The van der Waals surface area contributed by atoms with Crippen LogP contribution in [0.5, 0.6) is 0 Å². The first-order valence-corrected chi connectivity index (χ1v) is 5.26. The van der Waals surface area contributed by atoms with Crippen LogP contribution in [0.3, 0.4) is 0 Å². The topological polar surface area (TPSA) is 33.4 Å². The second-order valence-electron chi connectivity index (χ2n) is 4.40. The van der Waals surface area contributed by atoms with E-state index >= 15 is 0 Å². The van der Waals surface area contributed by atoms with Crippen LogP contribution in [0, 0.1) is 0 Å². The smallest absolute Gasteiger partial charge is 0.136 e. The molecule has 1 N–H and O–H groups in total. The Balaban J connectivity index is 2.56. The molecule has 2 heteroatoms. The lowest BCUT2D eigenvalue weighted by Crippen LogP contribution is -2.13. The maximum Gasteiger partial charge on any atom is 0.136 e. The lowest BCUT2D eigenvalue weighted by molar-refractivity contribution is 0.0559. The molecule has 0 unspecified atom stereocenters. The molecule has 0 amide bonds. The summed E-state index contributed by atoms with van der Waals surface area (Å²) < 4.78 is 5.58. The SMILES string of the molecule is CCc1ccc2oc(C(C)(C)O)cc2c1. The normalized spacial score (nSPS) is 12.3. The predicted octanol–water partition coefficient (Wildman–Crippen LogP) is 3.22. The molecule has 2 nitrogen and oxygen atoms in total. The van der Waals surface area contributed by atoms with E-state index in [1.54, 1.807) is 13.8 Å². The van der Waals surface area contributed by atoms with Crippen LogP contribution in [0.15, 0.2) is 28.7 Å². The van der Waals surface area contributed by atoms with Gasteiger partial charge in [0.1, 0.15) is 16.9 Å². The third-order valence-electron chi connectivity index (χ3n) is 2.59. The third kappa shape index (κ3) is 1.90. The van der Waals surface area contributed by atoms with Gasteiger partial charge < -0.3 is 9.52 Å². The highest BCUT2D eigenvalue weighted by atomic mass is 16.4. The Bertz CT molecular complexity index is 475. The summed E-state index contributed by atoms with van der Waals surface area (Å²) in [6.45, 7) is 5.58. The number of hydrogen-bond acceptors (Lipinski definition) is 2. The van der Waals surface area contributed by atoms with Gasteiger partial charge in [0, 0.05) is 5.39 Å². The maximum atomic E-state index is 9.82. The fourth-order valence-electron chi connectivity index (χ4n) is 1.61. The van der Waals surface area contributed by atoms with Crippen LogP contribution < -0.4 is 0 Å². The van der Waals surface area contributed by atoms with Gasteiger partial charge in [0.25, 0.3) is 0 Å². The second-order valence-corrected chi connectivity index (χ2v) is 4.40. The molecule has 2 rings (SSSR count). The number of hydrogen-bond donors (Lipinski definition) is 1. The van der Waals surface area contributed by atoms with E-state index < -0.39 is 5.60 Å². The van der Waals surface area contributed by atoms with Gasteiger partial charge >= 0.3 is 0 Å². The summed E-state index contributed by atoms with van der Waals surface area (Å²) >= 11 is 0. The quantitative estimate of drug-likeness (QED) is 0.814. The van der Waals surface area contributed by atoms with Crippen molar-refractivity contribution in [2.75, 3.05) is 0 Å². The molecular formula is C13H16O2. The molecule has 0 atom stereocenters. The van der Waals surface area contributed by atoms with Gasteiger partial charge in [-0.25, -0.2) is 0 Å². The summed E-state index contributed by atoms with van der Waals surface area (Å²) in [4.78, 5) is 0. The van der Waals surface area contributed by atoms with E-state index in [9.17, 15) is 5.11 Å². The fourth-order valence-corrected chi connectivity index (χ4v) is 1.61. The van der Waals surface area contributed by atoms with Crippen molar-refractivity contribution in [1.82, 2.24) is 0 Å². The Hall–Kier alpha value is -1.28. The van der Waals surface area contributed by atoms with Crippen molar-refractivity contribution in [3.8, 4) is 0 Å². The van der Waals surface area contributed by atoms with Gasteiger partial charge in [-0.2, -0.15) is 0 Å². The van der Waals surface area contributed by atoms with Crippen molar-refractivity contribution < 1.29 is 9.52 Å². The van der Waals surface area contributed by atoms with Crippen molar-refractivity contribution >= 4 is 11.0 Å². The molecule has 0 saturated carbocycles. The molecule has 15 heavy (non-hydrogen) atoms. The summed E-state index contributed by atoms with van der Waals surface area (Å²) in [5.74, 6) is 0.616. The Morgan fingerprint density at radius 1 is 1.27 bits per heavy atom. The zero-order chi connectivity index (χ0) is 11.1. The summed E-state index contributed by atoms with van der Waals surface area (Å²) in [6, 6.07) is 8.03. The van der Waals surface area contributed by atoms with E-state index in [4.69, 9.17) is 4.42 Å². The van der Waals surface area contributed by atoms with E-state index in [1.807, 2.05) is 12.1 Å². The van der Waals surface area contributed by atoms with E-state index in [2.05, 4.69) is 19.1 Å². The monoisotopic (exact) mass is 204 g/mol. The van der Waals surface area contributed by atoms with Gasteiger partial charge in [0.2, 0.25) is 0 Å². The van der Waals surface area contributed by atoms with Crippen LogP contribution in [0.1, 0.15) is 32.1 Å². The average Bonchev–Trinajstić information content (AvgIpc) is 2.59. The van der Waals surface area contributed by atoms with Gasteiger partial charge in [-0.3, -0.25) is 0 Å². The van der Waals surface area contributed by atoms with Crippen LogP contribution in [0.25, 0.3) is 11.0 Å². The number of furan rings is 1. The molecule has 0 radical (unpaired) electrons. The zero-order valence-electron chi connectivity index (χ0n) is 9.37. The standard InChI is InChI=1S/C13H16O2/c1-4-9-5-6-11-10(7-9)8-12(15-11)13(2,3)14/h5-8,14H,4H2,1-3H3. The van der Waals surface area contributed by atoms with E-state index in [0.717, 1.165) is 17.4 Å². The van der Waals surface area contributed by atoms with Crippen molar-refractivity contribution in [2.24, 2.45) is 0 Å². The van der Waals surface area contributed by atoms with Crippen LogP contribution >= 0.6 is 0 Å². The minimum absolute atomic E-state index is 0.616. The average molecular weight is 204 g/mol. The van der Waals surface area contributed by atoms with Crippen LogP contribution in [0.4, 0.5) is 0 Å². The molecule has 80 valence electrons. The summed E-state index contributed by atoms with van der Waals surface area (Å²) in [5, 5.41) is 10.9. The molecule has 0 bridgehead atoms. The highest BCUT2D eigenvalue weighted by molar-refractivity contribution is 5.78. The lowest BCUT2D eigenvalue weighted by atomic mass is 10.1. The summed E-state index contributed by atoms with van der Waals surface area (Å²) in [7, 11) is 0. The van der Waals surface area contributed by atoms with Gasteiger partial charge in [0.15, 0.2) is 0 Å². The van der Waals surface area contributed by atoms with Crippen LogP contribution in [0.2, 0.25) is 0 Å². The minimum Gasteiger partial charge on any atom is -0.458 e. The first kappa shape index (κ1) is 10.2. The van der Waals surface area contributed by atoms with E-state index in [0.29, 0.717) is 5.76 Å². The van der Waals surface area contributed by atoms with Crippen LogP contribution in [-0.2, 0) is 12.0 Å².